The minimum absolute atomic E-state index is 0.184. The summed E-state index contributed by atoms with van der Waals surface area (Å²) in [5, 5.41) is 9.98. The van der Waals surface area contributed by atoms with Crippen LogP contribution >= 0.6 is 0 Å². The predicted molar refractivity (Wildman–Crippen MR) is 83.4 cm³/mol. The minimum Gasteiger partial charge on any atom is -0.390 e. The Balaban J connectivity index is 1.64. The first kappa shape index (κ1) is 14.5. The predicted octanol–water partition coefficient (Wildman–Crippen LogP) is 1.81. The number of likely N-dealkylation sites (tertiary alicyclic amines) is 1. The van der Waals surface area contributed by atoms with Gasteiger partial charge in [0.1, 0.15) is 0 Å². The van der Waals surface area contributed by atoms with Gasteiger partial charge in [0.2, 0.25) is 5.91 Å². The number of piperidine rings is 1. The van der Waals surface area contributed by atoms with Gasteiger partial charge in [-0.15, -0.1) is 0 Å². The van der Waals surface area contributed by atoms with Crippen LogP contribution in [0.15, 0.2) is 24.3 Å². The first-order chi connectivity index (χ1) is 10.1. The number of para-hydroxylation sites is 1. The summed E-state index contributed by atoms with van der Waals surface area (Å²) < 4.78 is 0. The van der Waals surface area contributed by atoms with E-state index in [1.54, 1.807) is 0 Å². The summed E-state index contributed by atoms with van der Waals surface area (Å²) in [6.45, 7) is 4.77. The van der Waals surface area contributed by atoms with Crippen LogP contribution in [0.4, 0.5) is 5.69 Å². The molecule has 114 valence electrons. The Hall–Kier alpha value is -1.39. The summed E-state index contributed by atoms with van der Waals surface area (Å²) in [6, 6.07) is 8.21. The van der Waals surface area contributed by atoms with Gasteiger partial charge < -0.3 is 10.0 Å². The topological polar surface area (TPSA) is 43.8 Å². The van der Waals surface area contributed by atoms with Gasteiger partial charge in [-0.05, 0) is 44.2 Å². The number of hydrogen-bond donors (Lipinski definition) is 1. The van der Waals surface area contributed by atoms with Crippen LogP contribution in [0.2, 0.25) is 0 Å². The van der Waals surface area contributed by atoms with Crippen molar-refractivity contribution in [3.63, 3.8) is 0 Å². The summed E-state index contributed by atoms with van der Waals surface area (Å²) in [7, 11) is 0. The number of anilines is 1. The summed E-state index contributed by atoms with van der Waals surface area (Å²) in [5.74, 6) is 0.184. The summed E-state index contributed by atoms with van der Waals surface area (Å²) in [4.78, 5) is 16.7. The maximum absolute atomic E-state index is 12.6. The molecule has 1 N–H and O–H groups in total. The molecule has 0 atom stereocenters. The van der Waals surface area contributed by atoms with Crippen LogP contribution in [0.5, 0.6) is 0 Å². The highest BCUT2D eigenvalue weighted by atomic mass is 16.3. The van der Waals surface area contributed by atoms with E-state index in [1.165, 1.54) is 5.56 Å². The Kier molecular flexibility index (Phi) is 4.00. The van der Waals surface area contributed by atoms with Crippen molar-refractivity contribution >= 4 is 11.6 Å². The fourth-order valence-electron chi connectivity index (χ4n) is 3.26. The zero-order valence-corrected chi connectivity index (χ0v) is 12.7. The molecular formula is C17H24N2O2. The molecule has 0 radical (unpaired) electrons. The Morgan fingerprint density at radius 3 is 2.71 bits per heavy atom. The number of aryl methyl sites for hydroxylation is 1. The van der Waals surface area contributed by atoms with Gasteiger partial charge in [0.25, 0.3) is 0 Å². The van der Waals surface area contributed by atoms with Crippen molar-refractivity contribution in [2.24, 2.45) is 0 Å². The lowest BCUT2D eigenvalue weighted by atomic mass is 9.94. The standard InChI is InChI=1S/C17H24N2O2/c1-17(21)8-11-18(12-9-17)13-16(20)19-10-4-6-14-5-2-3-7-15(14)19/h2-3,5,7,21H,4,6,8-13H2,1H3. The van der Waals surface area contributed by atoms with Crippen molar-refractivity contribution in [1.29, 1.82) is 0 Å². The molecule has 0 saturated carbocycles. The van der Waals surface area contributed by atoms with Gasteiger partial charge in [-0.1, -0.05) is 18.2 Å². The van der Waals surface area contributed by atoms with Gasteiger partial charge in [-0.2, -0.15) is 0 Å². The first-order valence-electron chi connectivity index (χ1n) is 7.88. The van der Waals surface area contributed by atoms with Crippen LogP contribution in [0.1, 0.15) is 31.7 Å². The third kappa shape index (κ3) is 3.27. The second-order valence-corrected chi connectivity index (χ2v) is 6.55. The van der Waals surface area contributed by atoms with Crippen LogP contribution in [0.25, 0.3) is 0 Å². The quantitative estimate of drug-likeness (QED) is 0.902. The molecule has 0 unspecified atom stereocenters. The number of aliphatic hydroxyl groups is 1. The SMILES string of the molecule is CC1(O)CCN(CC(=O)N2CCCc3ccccc32)CC1. The number of amides is 1. The van der Waals surface area contributed by atoms with Gasteiger partial charge in [-0.25, -0.2) is 0 Å². The number of fused-ring (bicyclic) bond motifs is 1. The number of carbonyl (C=O) groups excluding carboxylic acids is 1. The van der Waals surface area contributed by atoms with Gasteiger partial charge in [0.05, 0.1) is 12.1 Å². The molecular weight excluding hydrogens is 264 g/mol. The maximum Gasteiger partial charge on any atom is 0.241 e. The third-order valence-corrected chi connectivity index (χ3v) is 4.70. The van der Waals surface area contributed by atoms with Crippen molar-refractivity contribution in [3.05, 3.63) is 29.8 Å². The maximum atomic E-state index is 12.6. The smallest absolute Gasteiger partial charge is 0.241 e. The zero-order chi connectivity index (χ0) is 14.9. The van der Waals surface area contributed by atoms with E-state index in [0.29, 0.717) is 6.54 Å². The van der Waals surface area contributed by atoms with Crippen molar-refractivity contribution in [3.8, 4) is 0 Å². The van der Waals surface area contributed by atoms with Crippen LogP contribution in [0.3, 0.4) is 0 Å². The summed E-state index contributed by atoms with van der Waals surface area (Å²) >= 11 is 0. The molecule has 4 heteroatoms. The van der Waals surface area contributed by atoms with Gasteiger partial charge >= 0.3 is 0 Å². The molecule has 3 rings (SSSR count). The monoisotopic (exact) mass is 288 g/mol. The van der Waals surface area contributed by atoms with Gasteiger partial charge in [-0.3, -0.25) is 9.69 Å². The lowest BCUT2D eigenvalue weighted by molar-refractivity contribution is -0.121. The Morgan fingerprint density at radius 2 is 1.95 bits per heavy atom. The molecule has 2 aliphatic heterocycles. The number of rotatable bonds is 2. The molecule has 21 heavy (non-hydrogen) atoms. The summed E-state index contributed by atoms with van der Waals surface area (Å²) in [6.07, 6.45) is 3.59. The second kappa shape index (κ2) is 5.78. The number of benzene rings is 1. The van der Waals surface area contributed by atoms with Crippen molar-refractivity contribution in [2.45, 2.75) is 38.2 Å². The van der Waals surface area contributed by atoms with E-state index in [1.807, 2.05) is 30.0 Å². The largest absolute Gasteiger partial charge is 0.390 e. The highest BCUT2D eigenvalue weighted by Crippen LogP contribution is 2.27. The lowest BCUT2D eigenvalue weighted by Crippen LogP contribution is -2.48. The Bertz CT molecular complexity index is 517. The number of nitrogens with zero attached hydrogens (tertiary/aromatic N) is 2. The fraction of sp³-hybridized carbons (Fsp3) is 0.588. The van der Waals surface area contributed by atoms with Crippen LogP contribution in [0, 0.1) is 0 Å². The summed E-state index contributed by atoms with van der Waals surface area (Å²) in [5.41, 5.74) is 1.80. The second-order valence-electron chi connectivity index (χ2n) is 6.55. The molecule has 4 nitrogen and oxygen atoms in total. The Labute approximate surface area is 126 Å². The molecule has 1 aromatic carbocycles. The number of hydrogen-bond acceptors (Lipinski definition) is 3. The van der Waals surface area contributed by atoms with E-state index < -0.39 is 5.60 Å². The van der Waals surface area contributed by atoms with Crippen molar-refractivity contribution < 1.29 is 9.90 Å². The first-order valence-corrected chi connectivity index (χ1v) is 7.88. The highest BCUT2D eigenvalue weighted by molar-refractivity contribution is 5.95. The Morgan fingerprint density at radius 1 is 1.24 bits per heavy atom. The molecule has 1 saturated heterocycles. The van der Waals surface area contributed by atoms with Gasteiger partial charge in [0, 0.05) is 25.3 Å². The normalized spacial score (nSPS) is 21.9. The molecule has 1 fully saturated rings. The fourth-order valence-corrected chi connectivity index (χ4v) is 3.26. The average molecular weight is 288 g/mol. The molecule has 2 aliphatic rings. The molecule has 0 spiro atoms. The average Bonchev–Trinajstić information content (AvgIpc) is 2.49. The third-order valence-electron chi connectivity index (χ3n) is 4.70. The zero-order valence-electron chi connectivity index (χ0n) is 12.7. The molecule has 0 aliphatic carbocycles. The molecule has 2 heterocycles. The van der Waals surface area contributed by atoms with E-state index in [9.17, 15) is 9.90 Å². The lowest BCUT2D eigenvalue weighted by Gasteiger charge is -2.37. The van der Waals surface area contributed by atoms with E-state index in [-0.39, 0.29) is 5.91 Å². The highest BCUT2D eigenvalue weighted by Gasteiger charge is 2.30. The van der Waals surface area contributed by atoms with E-state index in [4.69, 9.17) is 0 Å². The van der Waals surface area contributed by atoms with Gasteiger partial charge in [0.15, 0.2) is 0 Å². The van der Waals surface area contributed by atoms with Crippen LogP contribution in [-0.2, 0) is 11.2 Å². The van der Waals surface area contributed by atoms with E-state index in [2.05, 4.69) is 11.0 Å². The van der Waals surface area contributed by atoms with Crippen LogP contribution in [-0.4, -0.2) is 47.7 Å². The van der Waals surface area contributed by atoms with Crippen molar-refractivity contribution in [1.82, 2.24) is 4.90 Å². The molecule has 0 bridgehead atoms. The van der Waals surface area contributed by atoms with E-state index >= 15 is 0 Å². The molecule has 1 amide bonds. The van der Waals surface area contributed by atoms with Crippen LogP contribution < -0.4 is 4.90 Å². The molecule has 0 aromatic heterocycles. The minimum atomic E-state index is -0.558. The molecule has 1 aromatic rings. The number of carbonyl (C=O) groups is 1. The van der Waals surface area contributed by atoms with Crippen molar-refractivity contribution in [2.75, 3.05) is 31.1 Å². The van der Waals surface area contributed by atoms with E-state index in [0.717, 1.165) is 51.0 Å².